The van der Waals surface area contributed by atoms with Crippen LogP contribution in [-0.4, -0.2) is 28.6 Å². The molecular weight excluding hydrogens is 260 g/mol. The van der Waals surface area contributed by atoms with E-state index in [1.54, 1.807) is 30.8 Å². The first-order valence-corrected chi connectivity index (χ1v) is 7.11. The van der Waals surface area contributed by atoms with E-state index < -0.39 is 0 Å². The third kappa shape index (κ3) is 3.48. The molecule has 0 spiro atoms. The summed E-state index contributed by atoms with van der Waals surface area (Å²) in [4.78, 5) is 13.1. The Labute approximate surface area is 117 Å². The van der Waals surface area contributed by atoms with Gasteiger partial charge in [-0.05, 0) is 13.5 Å². The molecule has 5 nitrogen and oxygen atoms in total. The molecule has 1 unspecified atom stereocenters. The normalized spacial score (nSPS) is 12.4. The molecule has 0 aliphatic heterocycles. The number of ether oxygens (including phenoxy) is 1. The highest BCUT2D eigenvalue weighted by Gasteiger charge is 2.19. The number of likely N-dealkylation sites (N-methyl/N-ethyl adjacent to an activating group) is 1. The number of thiazole rings is 1. The summed E-state index contributed by atoms with van der Waals surface area (Å²) in [7, 11) is 1.61. The molecule has 0 aliphatic carbocycles. The molecule has 1 atom stereocenters. The van der Waals surface area contributed by atoms with Crippen molar-refractivity contribution in [3.8, 4) is 5.88 Å². The second kappa shape index (κ2) is 6.58. The first-order chi connectivity index (χ1) is 9.24. The molecule has 6 heteroatoms. The molecule has 2 aromatic heterocycles. The molecule has 0 aliphatic rings. The van der Waals surface area contributed by atoms with Gasteiger partial charge >= 0.3 is 0 Å². The smallest absolute Gasteiger partial charge is 0.237 e. The highest BCUT2D eigenvalue weighted by Crippen LogP contribution is 2.23. The number of aryl methyl sites for hydroxylation is 1. The second-order valence-electron chi connectivity index (χ2n) is 4.12. The highest BCUT2D eigenvalue weighted by molar-refractivity contribution is 7.09. The zero-order chi connectivity index (χ0) is 13.7. The Balaban J connectivity index is 2.23. The molecule has 0 bridgehead atoms. The van der Waals surface area contributed by atoms with Crippen LogP contribution in [0.4, 0.5) is 0 Å². The molecular formula is C13H18N4OS. The Morgan fingerprint density at radius 2 is 2.16 bits per heavy atom. The molecule has 0 amide bonds. The van der Waals surface area contributed by atoms with Gasteiger partial charge in [0, 0.05) is 24.2 Å². The summed E-state index contributed by atoms with van der Waals surface area (Å²) >= 11 is 1.66. The van der Waals surface area contributed by atoms with Crippen molar-refractivity contribution < 1.29 is 4.74 Å². The van der Waals surface area contributed by atoms with Crippen molar-refractivity contribution in [2.24, 2.45) is 0 Å². The van der Waals surface area contributed by atoms with Crippen LogP contribution in [0.1, 0.15) is 29.4 Å². The molecule has 1 N–H and O–H groups in total. The van der Waals surface area contributed by atoms with E-state index in [1.807, 2.05) is 6.92 Å². The van der Waals surface area contributed by atoms with Crippen LogP contribution >= 0.6 is 11.3 Å². The lowest BCUT2D eigenvalue weighted by Gasteiger charge is -2.17. The summed E-state index contributed by atoms with van der Waals surface area (Å²) in [6.07, 6.45) is 4.11. The van der Waals surface area contributed by atoms with Gasteiger partial charge in [0.25, 0.3) is 0 Å². The summed E-state index contributed by atoms with van der Waals surface area (Å²) < 4.78 is 5.28. The Kier molecular flexibility index (Phi) is 4.81. The topological polar surface area (TPSA) is 59.9 Å². The van der Waals surface area contributed by atoms with Crippen LogP contribution in [0.2, 0.25) is 0 Å². The van der Waals surface area contributed by atoms with Gasteiger partial charge in [-0.25, -0.2) is 9.97 Å². The maximum absolute atomic E-state index is 5.28. The number of nitrogens with zero attached hydrogens (tertiary/aromatic N) is 3. The molecule has 0 fully saturated rings. The van der Waals surface area contributed by atoms with Gasteiger partial charge in [0.15, 0.2) is 0 Å². The van der Waals surface area contributed by atoms with Gasteiger partial charge in [-0.15, -0.1) is 11.3 Å². The third-order valence-corrected chi connectivity index (χ3v) is 3.57. The van der Waals surface area contributed by atoms with Crippen molar-refractivity contribution in [1.29, 1.82) is 0 Å². The average molecular weight is 278 g/mol. The van der Waals surface area contributed by atoms with Crippen molar-refractivity contribution in [1.82, 2.24) is 20.3 Å². The summed E-state index contributed by atoms with van der Waals surface area (Å²) in [5.41, 5.74) is 1.90. The van der Waals surface area contributed by atoms with Crippen molar-refractivity contribution in [3.05, 3.63) is 34.2 Å². The summed E-state index contributed by atoms with van der Waals surface area (Å²) in [5, 5.41) is 6.58. The Morgan fingerprint density at radius 3 is 2.79 bits per heavy atom. The van der Waals surface area contributed by atoms with E-state index in [4.69, 9.17) is 4.74 Å². The number of hydrogen-bond acceptors (Lipinski definition) is 6. The van der Waals surface area contributed by atoms with Crippen LogP contribution in [0.3, 0.4) is 0 Å². The summed E-state index contributed by atoms with van der Waals surface area (Å²) in [6, 6.07) is 0.0650. The van der Waals surface area contributed by atoms with Crippen LogP contribution < -0.4 is 10.1 Å². The maximum Gasteiger partial charge on any atom is 0.237 e. The van der Waals surface area contributed by atoms with Gasteiger partial charge in [-0.3, -0.25) is 4.98 Å². The van der Waals surface area contributed by atoms with Gasteiger partial charge < -0.3 is 10.1 Å². The lowest BCUT2D eigenvalue weighted by atomic mass is 10.1. The fourth-order valence-corrected chi connectivity index (χ4v) is 2.58. The maximum atomic E-state index is 5.28. The van der Waals surface area contributed by atoms with Crippen molar-refractivity contribution in [2.45, 2.75) is 26.3 Å². The lowest BCUT2D eigenvalue weighted by Crippen LogP contribution is -2.25. The van der Waals surface area contributed by atoms with Gasteiger partial charge in [-0.1, -0.05) is 6.92 Å². The van der Waals surface area contributed by atoms with Crippen molar-refractivity contribution in [2.75, 3.05) is 13.7 Å². The largest absolute Gasteiger partial charge is 0.480 e. The van der Waals surface area contributed by atoms with Gasteiger partial charge in [0.05, 0.1) is 23.9 Å². The van der Waals surface area contributed by atoms with Gasteiger partial charge in [0.2, 0.25) is 5.88 Å². The standard InChI is InChI=1S/C13H18N4OS/c1-4-14-11(7-10-8-19-9(2)17-10)12-13(18-3)16-6-5-15-12/h5-6,8,11,14H,4,7H2,1-3H3. The molecule has 0 saturated heterocycles. The first-order valence-electron chi connectivity index (χ1n) is 6.23. The average Bonchev–Trinajstić information content (AvgIpc) is 2.84. The van der Waals surface area contributed by atoms with Crippen LogP contribution in [-0.2, 0) is 6.42 Å². The fraction of sp³-hybridized carbons (Fsp3) is 0.462. The van der Waals surface area contributed by atoms with Gasteiger partial charge in [-0.2, -0.15) is 0 Å². The molecule has 0 saturated carbocycles. The third-order valence-electron chi connectivity index (χ3n) is 2.74. The summed E-state index contributed by atoms with van der Waals surface area (Å²) in [5.74, 6) is 0.570. The predicted molar refractivity (Wildman–Crippen MR) is 75.6 cm³/mol. The molecule has 2 heterocycles. The monoisotopic (exact) mass is 278 g/mol. The minimum Gasteiger partial charge on any atom is -0.480 e. The van der Waals surface area contributed by atoms with E-state index in [-0.39, 0.29) is 6.04 Å². The zero-order valence-electron chi connectivity index (χ0n) is 11.4. The van der Waals surface area contributed by atoms with Crippen molar-refractivity contribution in [3.63, 3.8) is 0 Å². The molecule has 0 aromatic carbocycles. The molecule has 2 aromatic rings. The van der Waals surface area contributed by atoms with Crippen LogP contribution in [0.5, 0.6) is 5.88 Å². The van der Waals surface area contributed by atoms with E-state index in [0.29, 0.717) is 5.88 Å². The summed E-state index contributed by atoms with van der Waals surface area (Å²) in [6.45, 7) is 4.94. The van der Waals surface area contributed by atoms with Crippen LogP contribution in [0, 0.1) is 6.92 Å². The number of aromatic nitrogens is 3. The number of methoxy groups -OCH3 is 1. The van der Waals surface area contributed by atoms with E-state index in [0.717, 1.165) is 29.4 Å². The van der Waals surface area contributed by atoms with Crippen LogP contribution in [0.25, 0.3) is 0 Å². The van der Waals surface area contributed by atoms with E-state index >= 15 is 0 Å². The molecule has 2 rings (SSSR count). The SMILES string of the molecule is CCNC(Cc1csc(C)n1)c1nccnc1OC. The van der Waals surface area contributed by atoms with E-state index in [1.165, 1.54) is 0 Å². The quantitative estimate of drug-likeness (QED) is 0.877. The first kappa shape index (κ1) is 13.9. The molecule has 102 valence electrons. The fourth-order valence-electron chi connectivity index (χ4n) is 1.96. The Hall–Kier alpha value is -1.53. The Morgan fingerprint density at radius 1 is 1.37 bits per heavy atom. The van der Waals surface area contributed by atoms with Gasteiger partial charge in [0.1, 0.15) is 5.69 Å². The second-order valence-corrected chi connectivity index (χ2v) is 5.19. The number of nitrogens with one attached hydrogen (secondary N) is 1. The molecule has 0 radical (unpaired) electrons. The minimum absolute atomic E-state index is 0.0650. The number of hydrogen-bond donors (Lipinski definition) is 1. The minimum atomic E-state index is 0.0650. The van der Waals surface area contributed by atoms with E-state index in [9.17, 15) is 0 Å². The van der Waals surface area contributed by atoms with Crippen LogP contribution in [0.15, 0.2) is 17.8 Å². The van der Waals surface area contributed by atoms with E-state index in [2.05, 4.69) is 32.6 Å². The predicted octanol–water partition coefficient (Wildman–Crippen LogP) is 2.14. The number of rotatable bonds is 6. The zero-order valence-corrected chi connectivity index (χ0v) is 12.2. The lowest BCUT2D eigenvalue weighted by molar-refractivity contribution is 0.377. The highest BCUT2D eigenvalue weighted by atomic mass is 32.1. The van der Waals surface area contributed by atoms with Crippen molar-refractivity contribution >= 4 is 11.3 Å². The Bertz CT molecular complexity index is 529. The molecule has 19 heavy (non-hydrogen) atoms.